The number of alkyl halides is 3. The van der Waals surface area contributed by atoms with E-state index in [4.69, 9.17) is 4.74 Å². The summed E-state index contributed by atoms with van der Waals surface area (Å²) < 4.78 is 45.6. The van der Waals surface area contributed by atoms with Crippen LogP contribution in [0.25, 0.3) is 0 Å². The molecule has 1 aromatic heterocycles. The van der Waals surface area contributed by atoms with Gasteiger partial charge in [-0.05, 0) is 24.3 Å². The molecule has 0 aliphatic carbocycles. The van der Waals surface area contributed by atoms with E-state index >= 15 is 0 Å². The highest BCUT2D eigenvalue weighted by Gasteiger charge is 2.31. The minimum Gasteiger partial charge on any atom is -0.475 e. The summed E-state index contributed by atoms with van der Waals surface area (Å²) in [6.07, 6.45) is -3.78. The molecule has 0 aliphatic rings. The van der Waals surface area contributed by atoms with Gasteiger partial charge in [0.15, 0.2) is 0 Å². The lowest BCUT2D eigenvalue weighted by molar-refractivity contribution is -0.385. The van der Waals surface area contributed by atoms with Gasteiger partial charge in [-0.1, -0.05) is 0 Å². The van der Waals surface area contributed by atoms with Crippen LogP contribution in [0.1, 0.15) is 0 Å². The molecule has 1 heterocycles. The van der Waals surface area contributed by atoms with Crippen LogP contribution in [0.4, 0.5) is 24.5 Å². The summed E-state index contributed by atoms with van der Waals surface area (Å²) in [6, 6.07) is 4.49. The molecule has 0 spiro atoms. The molecule has 0 aliphatic heterocycles. The van der Waals surface area contributed by atoms with Crippen LogP contribution >= 0.6 is 0 Å². The fourth-order valence-electron chi connectivity index (χ4n) is 1.83. The van der Waals surface area contributed by atoms with Crippen LogP contribution in [0.5, 0.6) is 11.6 Å². The van der Waals surface area contributed by atoms with Crippen molar-refractivity contribution in [2.24, 2.45) is 0 Å². The molecule has 25 heavy (non-hydrogen) atoms. The van der Waals surface area contributed by atoms with Gasteiger partial charge in [-0.15, -0.1) is 18.3 Å². The SMILES string of the molecule is COc1nn(CC(=O)Nc2ccc(OC(F)(F)F)cc2)cc1[N+](=O)[O-]. The number of anilines is 1. The number of ether oxygens (including phenoxy) is 2. The first-order valence-corrected chi connectivity index (χ1v) is 6.59. The third kappa shape index (κ3) is 5.09. The van der Waals surface area contributed by atoms with Gasteiger partial charge in [-0.25, -0.2) is 0 Å². The number of methoxy groups -OCH3 is 1. The molecule has 0 unspecified atom stereocenters. The Bertz CT molecular complexity index is 773. The maximum absolute atomic E-state index is 12.1. The zero-order valence-corrected chi connectivity index (χ0v) is 12.6. The van der Waals surface area contributed by atoms with Gasteiger partial charge in [0.2, 0.25) is 5.91 Å². The number of carbonyl (C=O) groups excluding carboxylic acids is 1. The Kier molecular flexibility index (Phi) is 5.10. The molecule has 1 amide bonds. The highest BCUT2D eigenvalue weighted by molar-refractivity contribution is 5.90. The maximum atomic E-state index is 12.1. The first-order valence-electron chi connectivity index (χ1n) is 6.59. The van der Waals surface area contributed by atoms with Gasteiger partial charge in [0.25, 0.3) is 0 Å². The number of nitro groups is 1. The summed E-state index contributed by atoms with van der Waals surface area (Å²) in [4.78, 5) is 22.0. The van der Waals surface area contributed by atoms with Crippen LogP contribution in [-0.2, 0) is 11.3 Å². The molecule has 0 saturated heterocycles. The fourth-order valence-corrected chi connectivity index (χ4v) is 1.83. The van der Waals surface area contributed by atoms with Gasteiger partial charge in [-0.3, -0.25) is 19.6 Å². The van der Waals surface area contributed by atoms with Crippen molar-refractivity contribution < 1.29 is 32.4 Å². The summed E-state index contributed by atoms with van der Waals surface area (Å²) in [5.41, 5.74) is -0.183. The number of halogens is 3. The number of nitrogens with one attached hydrogen (secondary N) is 1. The summed E-state index contributed by atoms with van der Waals surface area (Å²) in [5.74, 6) is -1.27. The molecule has 134 valence electrons. The Morgan fingerprint density at radius 1 is 1.36 bits per heavy atom. The highest BCUT2D eigenvalue weighted by atomic mass is 19.4. The van der Waals surface area contributed by atoms with Crippen LogP contribution in [0, 0.1) is 10.1 Å². The second-order valence-corrected chi connectivity index (χ2v) is 4.60. The molecule has 2 rings (SSSR count). The van der Waals surface area contributed by atoms with Crippen molar-refractivity contribution in [3.05, 3.63) is 40.6 Å². The number of rotatable bonds is 6. The van der Waals surface area contributed by atoms with Crippen LogP contribution in [0.15, 0.2) is 30.5 Å². The molecule has 1 N–H and O–H groups in total. The number of aromatic nitrogens is 2. The van der Waals surface area contributed by atoms with E-state index < -0.39 is 28.6 Å². The van der Waals surface area contributed by atoms with Crippen LogP contribution in [0.2, 0.25) is 0 Å². The van der Waals surface area contributed by atoms with Gasteiger partial charge in [0.05, 0.1) is 12.0 Å². The lowest BCUT2D eigenvalue weighted by atomic mass is 10.3. The number of benzene rings is 1. The van der Waals surface area contributed by atoms with Gasteiger partial charge in [0, 0.05) is 5.69 Å². The summed E-state index contributed by atoms with van der Waals surface area (Å²) in [7, 11) is 1.20. The van der Waals surface area contributed by atoms with Gasteiger partial charge in [0.1, 0.15) is 18.5 Å². The van der Waals surface area contributed by atoms with Crippen LogP contribution < -0.4 is 14.8 Å². The normalized spacial score (nSPS) is 11.0. The first kappa shape index (κ1) is 18.0. The second kappa shape index (κ2) is 7.07. The number of nitrogens with zero attached hydrogens (tertiary/aromatic N) is 3. The van der Waals surface area contributed by atoms with E-state index in [0.717, 1.165) is 23.0 Å². The number of carbonyl (C=O) groups is 1. The monoisotopic (exact) mass is 360 g/mol. The van der Waals surface area contributed by atoms with E-state index in [9.17, 15) is 28.1 Å². The lowest BCUT2D eigenvalue weighted by Gasteiger charge is -2.10. The van der Waals surface area contributed by atoms with E-state index in [2.05, 4.69) is 15.2 Å². The average molecular weight is 360 g/mol. The van der Waals surface area contributed by atoms with E-state index in [1.807, 2.05) is 0 Å². The van der Waals surface area contributed by atoms with Crippen molar-refractivity contribution in [3.8, 4) is 11.6 Å². The molecule has 0 saturated carbocycles. The number of amides is 1. The standard InChI is InChI=1S/C13H11F3N4O5/c1-24-12-10(20(22)23)6-19(18-12)7-11(21)17-8-2-4-9(5-3-8)25-13(14,15)16/h2-6H,7H2,1H3,(H,17,21). The fraction of sp³-hybridized carbons (Fsp3) is 0.231. The summed E-state index contributed by atoms with van der Waals surface area (Å²) >= 11 is 0. The van der Waals surface area contributed by atoms with E-state index in [0.29, 0.717) is 0 Å². The predicted octanol–water partition coefficient (Wildman–Crippen LogP) is 2.34. The molecule has 0 fully saturated rings. The van der Waals surface area contributed by atoms with Gasteiger partial charge in [-0.2, -0.15) is 0 Å². The van der Waals surface area contributed by atoms with Crippen molar-refractivity contribution >= 4 is 17.3 Å². The van der Waals surface area contributed by atoms with Crippen molar-refractivity contribution in [1.82, 2.24) is 9.78 Å². The summed E-state index contributed by atoms with van der Waals surface area (Å²) in [5, 5.41) is 16.9. The number of hydrogen-bond donors (Lipinski definition) is 1. The molecular weight excluding hydrogens is 349 g/mol. The average Bonchev–Trinajstić information content (AvgIpc) is 2.91. The second-order valence-electron chi connectivity index (χ2n) is 4.60. The molecule has 1 aromatic carbocycles. The van der Waals surface area contributed by atoms with Crippen molar-refractivity contribution in [2.45, 2.75) is 12.9 Å². The Hall–Kier alpha value is -3.31. The Morgan fingerprint density at radius 3 is 2.48 bits per heavy atom. The quantitative estimate of drug-likeness (QED) is 0.626. The minimum absolute atomic E-state index is 0.216. The largest absolute Gasteiger partial charge is 0.573 e. The summed E-state index contributed by atoms with van der Waals surface area (Å²) in [6.45, 7) is -0.356. The molecule has 0 bridgehead atoms. The van der Waals surface area contributed by atoms with E-state index in [1.165, 1.54) is 19.2 Å². The number of hydrogen-bond acceptors (Lipinski definition) is 6. The highest BCUT2D eigenvalue weighted by Crippen LogP contribution is 2.25. The molecule has 12 heteroatoms. The van der Waals surface area contributed by atoms with Crippen LogP contribution in [0.3, 0.4) is 0 Å². The lowest BCUT2D eigenvalue weighted by Crippen LogP contribution is -2.19. The molecule has 2 aromatic rings. The maximum Gasteiger partial charge on any atom is 0.573 e. The molecular formula is C13H11F3N4O5. The predicted molar refractivity (Wildman–Crippen MR) is 77.2 cm³/mol. The van der Waals surface area contributed by atoms with Gasteiger partial charge < -0.3 is 14.8 Å². The third-order valence-corrected chi connectivity index (χ3v) is 2.78. The Morgan fingerprint density at radius 2 is 2.00 bits per heavy atom. The van der Waals surface area contributed by atoms with Crippen molar-refractivity contribution in [3.63, 3.8) is 0 Å². The molecule has 9 nitrogen and oxygen atoms in total. The minimum atomic E-state index is -4.81. The topological polar surface area (TPSA) is 109 Å². The zero-order valence-electron chi connectivity index (χ0n) is 12.6. The van der Waals surface area contributed by atoms with E-state index in [1.54, 1.807) is 0 Å². The first-order chi connectivity index (χ1) is 11.7. The Balaban J connectivity index is 1.99. The van der Waals surface area contributed by atoms with Crippen LogP contribution in [-0.4, -0.2) is 34.1 Å². The Labute approximate surface area is 138 Å². The molecule has 0 radical (unpaired) electrons. The zero-order chi connectivity index (χ0) is 18.6. The molecule has 0 atom stereocenters. The van der Waals surface area contributed by atoms with Crippen molar-refractivity contribution in [2.75, 3.05) is 12.4 Å². The van der Waals surface area contributed by atoms with E-state index in [-0.39, 0.29) is 18.1 Å². The van der Waals surface area contributed by atoms with Crippen molar-refractivity contribution in [1.29, 1.82) is 0 Å². The smallest absolute Gasteiger partial charge is 0.475 e. The van der Waals surface area contributed by atoms with Gasteiger partial charge >= 0.3 is 17.9 Å². The third-order valence-electron chi connectivity index (χ3n) is 2.78.